The molecule has 230 valence electrons. The fraction of sp³-hybridized carbons (Fsp3) is 0.658. The SMILES string of the molecule is CCCCCCCCCCCCCCCCCCCCOC(C)c1ccc(C(=O)Oc2ccccc2CCC)cc1. The fourth-order valence-electron chi connectivity index (χ4n) is 5.49. The molecule has 0 aromatic heterocycles. The molecule has 0 N–H and O–H groups in total. The zero-order valence-corrected chi connectivity index (χ0v) is 26.8. The third-order valence-corrected chi connectivity index (χ3v) is 8.18. The van der Waals surface area contributed by atoms with Gasteiger partial charge in [0.05, 0.1) is 11.7 Å². The molecule has 0 aliphatic rings. The van der Waals surface area contributed by atoms with Crippen LogP contribution in [-0.4, -0.2) is 12.6 Å². The second-order valence-electron chi connectivity index (χ2n) is 11.9. The first-order chi connectivity index (χ1) is 20.2. The van der Waals surface area contributed by atoms with Crippen molar-refractivity contribution >= 4 is 5.97 Å². The number of carbonyl (C=O) groups is 1. The van der Waals surface area contributed by atoms with E-state index in [1.807, 2.05) is 48.5 Å². The van der Waals surface area contributed by atoms with E-state index < -0.39 is 0 Å². The molecule has 0 heterocycles. The van der Waals surface area contributed by atoms with E-state index in [1.165, 1.54) is 109 Å². The number of para-hydroxylation sites is 1. The maximum absolute atomic E-state index is 12.7. The van der Waals surface area contributed by atoms with Crippen LogP contribution >= 0.6 is 0 Å². The predicted molar refractivity (Wildman–Crippen MR) is 175 cm³/mol. The molecule has 0 bridgehead atoms. The Kier molecular flexibility index (Phi) is 20.0. The second-order valence-corrected chi connectivity index (χ2v) is 11.9. The predicted octanol–water partition coefficient (Wildman–Crippen LogP) is 12.0. The first kappa shape index (κ1) is 35.1. The lowest BCUT2D eigenvalue weighted by atomic mass is 10.0. The van der Waals surface area contributed by atoms with Gasteiger partial charge < -0.3 is 9.47 Å². The Hall–Kier alpha value is -2.13. The average molecular weight is 565 g/mol. The Bertz CT molecular complexity index is 904. The lowest BCUT2D eigenvalue weighted by Gasteiger charge is -2.14. The van der Waals surface area contributed by atoms with Crippen LogP contribution in [0, 0.1) is 0 Å². The third kappa shape index (κ3) is 16.2. The van der Waals surface area contributed by atoms with Crippen molar-refractivity contribution in [1.29, 1.82) is 0 Å². The van der Waals surface area contributed by atoms with Gasteiger partial charge in [-0.05, 0) is 49.1 Å². The van der Waals surface area contributed by atoms with E-state index >= 15 is 0 Å². The van der Waals surface area contributed by atoms with Gasteiger partial charge in [-0.2, -0.15) is 0 Å². The van der Waals surface area contributed by atoms with E-state index in [0.717, 1.165) is 37.0 Å². The molecule has 0 radical (unpaired) electrons. The Balaban J connectivity index is 1.45. The molecule has 1 unspecified atom stereocenters. The van der Waals surface area contributed by atoms with Crippen molar-refractivity contribution in [1.82, 2.24) is 0 Å². The Morgan fingerprint density at radius 2 is 1.10 bits per heavy atom. The van der Waals surface area contributed by atoms with Crippen LogP contribution in [0.2, 0.25) is 0 Å². The number of hydrogen-bond donors (Lipinski definition) is 0. The maximum atomic E-state index is 12.7. The van der Waals surface area contributed by atoms with E-state index in [2.05, 4.69) is 20.8 Å². The van der Waals surface area contributed by atoms with Crippen molar-refractivity contribution in [3.63, 3.8) is 0 Å². The summed E-state index contributed by atoms with van der Waals surface area (Å²) in [6.07, 6.45) is 26.9. The van der Waals surface area contributed by atoms with Crippen LogP contribution in [0.3, 0.4) is 0 Å². The molecular formula is C38H60O3. The summed E-state index contributed by atoms with van der Waals surface area (Å²) in [5.74, 6) is 0.344. The summed E-state index contributed by atoms with van der Waals surface area (Å²) in [4.78, 5) is 12.7. The van der Waals surface area contributed by atoms with E-state index in [1.54, 1.807) is 0 Å². The molecule has 3 nitrogen and oxygen atoms in total. The van der Waals surface area contributed by atoms with Crippen LogP contribution in [0.5, 0.6) is 5.75 Å². The van der Waals surface area contributed by atoms with Crippen LogP contribution in [-0.2, 0) is 11.2 Å². The monoisotopic (exact) mass is 564 g/mol. The summed E-state index contributed by atoms with van der Waals surface area (Å²) in [6.45, 7) is 7.29. The summed E-state index contributed by atoms with van der Waals surface area (Å²) in [7, 11) is 0. The van der Waals surface area contributed by atoms with E-state index in [0.29, 0.717) is 11.3 Å². The molecule has 0 saturated heterocycles. The molecule has 0 aliphatic carbocycles. The number of ether oxygens (including phenoxy) is 2. The van der Waals surface area contributed by atoms with E-state index in [9.17, 15) is 4.79 Å². The second kappa shape index (κ2) is 23.4. The topological polar surface area (TPSA) is 35.5 Å². The molecule has 1 atom stereocenters. The first-order valence-corrected chi connectivity index (χ1v) is 17.2. The van der Waals surface area contributed by atoms with Crippen LogP contribution in [0.15, 0.2) is 48.5 Å². The lowest BCUT2D eigenvalue weighted by molar-refractivity contribution is 0.0626. The molecule has 0 saturated carbocycles. The van der Waals surface area contributed by atoms with Gasteiger partial charge >= 0.3 is 5.97 Å². The van der Waals surface area contributed by atoms with Gasteiger partial charge in [-0.1, -0.05) is 160 Å². The highest BCUT2D eigenvalue weighted by Gasteiger charge is 2.13. The number of carbonyl (C=O) groups excluding carboxylic acids is 1. The highest BCUT2D eigenvalue weighted by atomic mass is 16.5. The largest absolute Gasteiger partial charge is 0.423 e. The molecule has 0 fully saturated rings. The van der Waals surface area contributed by atoms with Gasteiger partial charge in [-0.3, -0.25) is 0 Å². The van der Waals surface area contributed by atoms with Gasteiger partial charge in [0, 0.05) is 6.61 Å². The zero-order valence-electron chi connectivity index (χ0n) is 26.8. The van der Waals surface area contributed by atoms with Crippen molar-refractivity contribution in [2.45, 2.75) is 155 Å². The van der Waals surface area contributed by atoms with E-state index in [4.69, 9.17) is 9.47 Å². The minimum atomic E-state index is -0.313. The van der Waals surface area contributed by atoms with Crippen molar-refractivity contribution < 1.29 is 14.3 Å². The Morgan fingerprint density at radius 1 is 0.610 bits per heavy atom. The van der Waals surface area contributed by atoms with Gasteiger partial charge in [0.2, 0.25) is 0 Å². The molecule has 41 heavy (non-hydrogen) atoms. The summed E-state index contributed by atoms with van der Waals surface area (Å²) in [5.41, 5.74) is 2.73. The average Bonchev–Trinajstić information content (AvgIpc) is 2.99. The van der Waals surface area contributed by atoms with Crippen LogP contribution in [0.1, 0.15) is 170 Å². The number of unbranched alkanes of at least 4 members (excludes halogenated alkanes) is 17. The van der Waals surface area contributed by atoms with Crippen LogP contribution in [0.4, 0.5) is 0 Å². The quantitative estimate of drug-likeness (QED) is 0.0683. The number of rotatable bonds is 25. The number of benzene rings is 2. The number of hydrogen-bond acceptors (Lipinski definition) is 3. The third-order valence-electron chi connectivity index (χ3n) is 8.18. The van der Waals surface area contributed by atoms with Crippen LogP contribution in [0.25, 0.3) is 0 Å². The van der Waals surface area contributed by atoms with Crippen molar-refractivity contribution in [3.8, 4) is 5.75 Å². The zero-order chi connectivity index (χ0) is 29.4. The molecule has 2 aromatic rings. The van der Waals surface area contributed by atoms with Crippen LogP contribution < -0.4 is 4.74 Å². The van der Waals surface area contributed by atoms with Gasteiger partial charge in [-0.25, -0.2) is 4.79 Å². The first-order valence-electron chi connectivity index (χ1n) is 17.2. The van der Waals surface area contributed by atoms with Gasteiger partial charge in [-0.15, -0.1) is 0 Å². The minimum absolute atomic E-state index is 0.0242. The molecule has 3 heteroatoms. The Labute approximate surface area is 252 Å². The van der Waals surface area contributed by atoms with Gasteiger partial charge in [0.25, 0.3) is 0 Å². The highest BCUT2D eigenvalue weighted by Crippen LogP contribution is 2.23. The molecule has 2 aromatic carbocycles. The van der Waals surface area contributed by atoms with Crippen molar-refractivity contribution in [2.75, 3.05) is 6.61 Å². The molecular weight excluding hydrogens is 504 g/mol. The number of aryl methyl sites for hydroxylation is 1. The summed E-state index contributed by atoms with van der Waals surface area (Å²) >= 11 is 0. The van der Waals surface area contributed by atoms with Gasteiger partial charge in [0.1, 0.15) is 5.75 Å². The van der Waals surface area contributed by atoms with Crippen molar-refractivity contribution in [2.24, 2.45) is 0 Å². The maximum Gasteiger partial charge on any atom is 0.343 e. The normalized spacial score (nSPS) is 12.0. The lowest BCUT2D eigenvalue weighted by Crippen LogP contribution is -2.10. The number of esters is 1. The Morgan fingerprint density at radius 3 is 1.61 bits per heavy atom. The summed E-state index contributed by atoms with van der Waals surface area (Å²) in [6, 6.07) is 15.4. The highest BCUT2D eigenvalue weighted by molar-refractivity contribution is 5.91. The van der Waals surface area contributed by atoms with E-state index in [-0.39, 0.29) is 12.1 Å². The smallest absolute Gasteiger partial charge is 0.343 e. The summed E-state index contributed by atoms with van der Waals surface area (Å²) in [5, 5.41) is 0. The van der Waals surface area contributed by atoms with Gasteiger partial charge in [0.15, 0.2) is 0 Å². The fourth-order valence-corrected chi connectivity index (χ4v) is 5.49. The summed E-state index contributed by atoms with van der Waals surface area (Å²) < 4.78 is 11.8. The molecule has 0 spiro atoms. The molecule has 0 amide bonds. The standard InChI is InChI=1S/C38H60O3/c1-4-6-7-8-9-10-11-12-13-14-15-16-17-18-19-20-21-24-32-40-33(3)34-28-30-36(31-29-34)38(39)41-37-27-23-22-26-35(37)25-5-2/h22-23,26-31,33H,4-21,24-25,32H2,1-3H3. The molecule has 2 rings (SSSR count). The van der Waals surface area contributed by atoms with Crippen molar-refractivity contribution in [3.05, 3.63) is 65.2 Å². The minimum Gasteiger partial charge on any atom is -0.423 e. The molecule has 0 aliphatic heterocycles.